The Bertz CT molecular complexity index is 3520. The highest BCUT2D eigenvalue weighted by Gasteiger charge is 2.37. The molecule has 0 bridgehead atoms. The first-order valence-corrected chi connectivity index (χ1v) is 21.5. The van der Waals surface area contributed by atoms with Gasteiger partial charge in [0.25, 0.3) is 0 Å². The van der Waals surface area contributed by atoms with Crippen molar-refractivity contribution in [1.82, 2.24) is 9.97 Å². The van der Waals surface area contributed by atoms with Crippen LogP contribution in [0.3, 0.4) is 0 Å². The van der Waals surface area contributed by atoms with Crippen LogP contribution in [0.1, 0.15) is 25.0 Å². The molecule has 1 aliphatic rings. The summed E-state index contributed by atoms with van der Waals surface area (Å²) in [5.74, 6) is 0.716. The average Bonchev–Trinajstić information content (AvgIpc) is 3.79. The van der Waals surface area contributed by atoms with E-state index in [9.17, 15) is 0 Å². The highest BCUT2D eigenvalue weighted by Crippen LogP contribution is 2.53. The first-order chi connectivity index (χ1) is 29.5. The van der Waals surface area contributed by atoms with Crippen LogP contribution in [-0.2, 0) is 5.41 Å². The Balaban J connectivity index is 1.02. The Hall–Kier alpha value is -7.20. The van der Waals surface area contributed by atoms with Gasteiger partial charge in [0.2, 0.25) is 0 Å². The van der Waals surface area contributed by atoms with Crippen LogP contribution in [0.5, 0.6) is 0 Å². The lowest BCUT2D eigenvalue weighted by Crippen LogP contribution is -2.14. The van der Waals surface area contributed by atoms with E-state index in [0.29, 0.717) is 5.82 Å². The van der Waals surface area contributed by atoms with Crippen LogP contribution in [0, 0.1) is 0 Å². The van der Waals surface area contributed by atoms with Gasteiger partial charge in [0.1, 0.15) is 0 Å². The van der Waals surface area contributed by atoms with Crippen LogP contribution >= 0.6 is 11.3 Å². The monoisotopic (exact) mass is 782 g/mol. The Morgan fingerprint density at radius 1 is 0.367 bits per heavy atom. The fourth-order valence-electron chi connectivity index (χ4n) is 9.67. The molecule has 0 atom stereocenters. The topological polar surface area (TPSA) is 25.8 Å². The summed E-state index contributed by atoms with van der Waals surface area (Å²) in [4.78, 5) is 10.7. The summed E-state index contributed by atoms with van der Waals surface area (Å²) >= 11 is 1.86. The number of hydrogen-bond donors (Lipinski definition) is 0. The van der Waals surface area contributed by atoms with Crippen LogP contribution in [0.4, 0.5) is 0 Å². The van der Waals surface area contributed by atoms with Gasteiger partial charge in [0.15, 0.2) is 5.82 Å². The molecule has 9 aromatic carbocycles. The minimum atomic E-state index is -0.156. The third kappa shape index (κ3) is 5.47. The predicted octanol–water partition coefficient (Wildman–Crippen LogP) is 15.8. The lowest BCUT2D eigenvalue weighted by Gasteiger charge is -2.22. The van der Waals surface area contributed by atoms with Crippen molar-refractivity contribution in [3.05, 3.63) is 205 Å². The molecule has 0 N–H and O–H groups in total. The normalized spacial score (nSPS) is 13.0. The maximum atomic E-state index is 5.37. The molecule has 2 nitrogen and oxygen atoms in total. The molecule has 60 heavy (non-hydrogen) atoms. The number of rotatable bonds is 5. The summed E-state index contributed by atoms with van der Waals surface area (Å²) in [7, 11) is 0. The van der Waals surface area contributed by atoms with Gasteiger partial charge < -0.3 is 0 Å². The van der Waals surface area contributed by atoms with Gasteiger partial charge in [-0.15, -0.1) is 11.3 Å². The van der Waals surface area contributed by atoms with E-state index in [1.165, 1.54) is 80.8 Å². The molecule has 0 radical (unpaired) electrons. The molecule has 282 valence electrons. The molecule has 12 rings (SSSR count). The van der Waals surface area contributed by atoms with Crippen LogP contribution in [0.15, 0.2) is 194 Å². The molecule has 0 spiro atoms. The fraction of sp³-hybridized carbons (Fsp3) is 0.0526. The Morgan fingerprint density at radius 2 is 0.983 bits per heavy atom. The Morgan fingerprint density at radius 3 is 1.82 bits per heavy atom. The molecule has 2 heterocycles. The summed E-state index contributed by atoms with van der Waals surface area (Å²) in [5, 5.41) is 7.50. The van der Waals surface area contributed by atoms with Crippen molar-refractivity contribution in [2.45, 2.75) is 19.3 Å². The minimum absolute atomic E-state index is 0.156. The summed E-state index contributed by atoms with van der Waals surface area (Å²) in [5.41, 5.74) is 14.9. The summed E-state index contributed by atoms with van der Waals surface area (Å²) in [6, 6.07) is 70.7. The highest BCUT2D eigenvalue weighted by molar-refractivity contribution is 7.25. The van der Waals surface area contributed by atoms with E-state index in [1.807, 2.05) is 17.4 Å². The van der Waals surface area contributed by atoms with Crippen molar-refractivity contribution in [1.29, 1.82) is 0 Å². The van der Waals surface area contributed by atoms with Crippen molar-refractivity contribution < 1.29 is 0 Å². The number of hydrogen-bond acceptors (Lipinski definition) is 3. The van der Waals surface area contributed by atoms with Gasteiger partial charge in [0.05, 0.1) is 11.4 Å². The van der Waals surface area contributed by atoms with E-state index >= 15 is 0 Å². The van der Waals surface area contributed by atoms with E-state index in [-0.39, 0.29) is 5.41 Å². The third-order valence-electron chi connectivity index (χ3n) is 12.7. The average molecular weight is 783 g/mol. The lowest BCUT2D eigenvalue weighted by atomic mass is 9.81. The number of nitrogens with zero attached hydrogens (tertiary/aromatic N) is 2. The molecule has 0 amide bonds. The van der Waals surface area contributed by atoms with Crippen LogP contribution in [0.25, 0.3) is 109 Å². The molecule has 2 aromatic heterocycles. The van der Waals surface area contributed by atoms with E-state index in [0.717, 1.165) is 33.5 Å². The molecule has 0 aliphatic heterocycles. The van der Waals surface area contributed by atoms with Gasteiger partial charge in [-0.3, -0.25) is 0 Å². The Kier molecular flexibility index (Phi) is 7.79. The number of thiophene rings is 1. The van der Waals surface area contributed by atoms with Gasteiger partial charge in [-0.1, -0.05) is 166 Å². The SMILES string of the molecule is CC1(C)c2cc3ccccc3cc2-c2c(-c3cc(-c4ccc(-c5cccc(-c6ccc7sc8ccccc8c7c6)c5)c5ccccc45)nc(-c4ccccc4)n3)cccc21. The first kappa shape index (κ1) is 34.8. The molecule has 1 aliphatic carbocycles. The van der Waals surface area contributed by atoms with Crippen LogP contribution < -0.4 is 0 Å². The number of fused-ring (bicyclic) bond motifs is 8. The van der Waals surface area contributed by atoms with E-state index in [2.05, 4.69) is 202 Å². The summed E-state index contributed by atoms with van der Waals surface area (Å²) in [6.07, 6.45) is 0. The number of aromatic nitrogens is 2. The van der Waals surface area contributed by atoms with Crippen LogP contribution in [0.2, 0.25) is 0 Å². The summed E-state index contributed by atoms with van der Waals surface area (Å²) < 4.78 is 2.65. The molecular formula is C57H38N2S. The second kappa shape index (κ2) is 13.4. The first-order valence-electron chi connectivity index (χ1n) is 20.6. The second-order valence-electron chi connectivity index (χ2n) is 16.5. The van der Waals surface area contributed by atoms with Gasteiger partial charge in [-0.05, 0) is 109 Å². The van der Waals surface area contributed by atoms with Crippen molar-refractivity contribution in [3.63, 3.8) is 0 Å². The van der Waals surface area contributed by atoms with Crippen molar-refractivity contribution >= 4 is 53.1 Å². The van der Waals surface area contributed by atoms with E-state index in [4.69, 9.17) is 9.97 Å². The maximum Gasteiger partial charge on any atom is 0.160 e. The minimum Gasteiger partial charge on any atom is -0.228 e. The largest absolute Gasteiger partial charge is 0.228 e. The molecular weight excluding hydrogens is 745 g/mol. The zero-order chi connectivity index (χ0) is 40.0. The zero-order valence-electron chi connectivity index (χ0n) is 33.3. The third-order valence-corrected chi connectivity index (χ3v) is 13.8. The van der Waals surface area contributed by atoms with Gasteiger partial charge in [-0.2, -0.15) is 0 Å². The van der Waals surface area contributed by atoms with E-state index in [1.54, 1.807) is 0 Å². The fourth-order valence-corrected chi connectivity index (χ4v) is 10.8. The van der Waals surface area contributed by atoms with E-state index < -0.39 is 0 Å². The molecule has 0 fully saturated rings. The molecule has 0 saturated heterocycles. The zero-order valence-corrected chi connectivity index (χ0v) is 34.1. The molecule has 0 saturated carbocycles. The van der Waals surface area contributed by atoms with Gasteiger partial charge >= 0.3 is 0 Å². The lowest BCUT2D eigenvalue weighted by molar-refractivity contribution is 0.661. The van der Waals surface area contributed by atoms with Gasteiger partial charge in [-0.25, -0.2) is 9.97 Å². The maximum absolute atomic E-state index is 5.37. The summed E-state index contributed by atoms with van der Waals surface area (Å²) in [6.45, 7) is 4.70. The highest BCUT2D eigenvalue weighted by atomic mass is 32.1. The second-order valence-corrected chi connectivity index (χ2v) is 17.6. The van der Waals surface area contributed by atoms with Crippen LogP contribution in [-0.4, -0.2) is 9.97 Å². The molecule has 11 aromatic rings. The molecule has 3 heteroatoms. The van der Waals surface area contributed by atoms with Crippen molar-refractivity contribution in [2.24, 2.45) is 0 Å². The quantitative estimate of drug-likeness (QED) is 0.174. The number of benzene rings is 9. The molecule has 0 unspecified atom stereocenters. The van der Waals surface area contributed by atoms with Crippen molar-refractivity contribution in [2.75, 3.05) is 0 Å². The Labute approximate surface area is 353 Å². The van der Waals surface area contributed by atoms with Crippen molar-refractivity contribution in [3.8, 4) is 67.3 Å². The van der Waals surface area contributed by atoms with Gasteiger partial charge in [0, 0.05) is 42.3 Å². The predicted molar refractivity (Wildman–Crippen MR) is 255 cm³/mol. The standard InChI is InChI=1S/C57H38N2S/c1-57(2)49-24-13-23-46(55(49)48-32-37-16-6-7-17-38(37)33-50(48)57)52-34-51(58-56(59-52)35-14-4-3-5-15-35)44-28-27-41(42-20-8-9-21-43(42)44)40-19-12-18-36(30-40)39-26-29-54-47(31-39)45-22-10-11-25-53(45)60-54/h3-34H,1-2H3. The smallest absolute Gasteiger partial charge is 0.160 e.